The van der Waals surface area contributed by atoms with Crippen molar-refractivity contribution in [1.82, 2.24) is 19.4 Å². The number of aryl methyl sites for hydroxylation is 1. The Morgan fingerprint density at radius 3 is 2.46 bits per heavy atom. The van der Waals surface area contributed by atoms with Crippen molar-refractivity contribution in [3.63, 3.8) is 0 Å². The minimum absolute atomic E-state index is 0.00173. The lowest BCUT2D eigenvalue weighted by Crippen LogP contribution is -2.59. The molecular formula is C26H36N6O3. The highest BCUT2D eigenvalue weighted by molar-refractivity contribution is 5.76. The summed E-state index contributed by atoms with van der Waals surface area (Å²) in [5.74, 6) is 1.86. The lowest BCUT2D eigenvalue weighted by Gasteiger charge is -2.46. The monoisotopic (exact) mass is 480 g/mol. The number of amides is 1. The van der Waals surface area contributed by atoms with E-state index in [1.54, 1.807) is 24.0 Å². The van der Waals surface area contributed by atoms with E-state index in [1.165, 1.54) is 12.0 Å². The second kappa shape index (κ2) is 8.24. The summed E-state index contributed by atoms with van der Waals surface area (Å²) >= 11 is 0. The van der Waals surface area contributed by atoms with Crippen LogP contribution in [0, 0.1) is 0 Å². The van der Waals surface area contributed by atoms with Crippen molar-refractivity contribution in [3.05, 3.63) is 40.6 Å². The fraction of sp³-hybridized carbons (Fsp3) is 0.615. The number of anilines is 3. The zero-order valence-corrected chi connectivity index (χ0v) is 21.6. The summed E-state index contributed by atoms with van der Waals surface area (Å²) in [4.78, 5) is 41.1. The van der Waals surface area contributed by atoms with Crippen LogP contribution in [0.25, 0.3) is 0 Å². The van der Waals surface area contributed by atoms with E-state index in [0.29, 0.717) is 13.1 Å². The third-order valence-corrected chi connectivity index (χ3v) is 7.65. The molecule has 0 radical (unpaired) electrons. The topological polar surface area (TPSA) is 83.8 Å². The number of carbonyl (C=O) groups is 1. The first-order valence-electron chi connectivity index (χ1n) is 12.5. The number of pyridine rings is 1. The highest BCUT2D eigenvalue weighted by Gasteiger charge is 2.51. The number of hydrogen-bond donors (Lipinski definition) is 0. The number of piperazine rings is 1. The smallest absolute Gasteiger partial charge is 0.410 e. The Kier molecular flexibility index (Phi) is 5.56. The lowest BCUT2D eigenvalue weighted by molar-refractivity contribution is 0.0129. The third kappa shape index (κ3) is 4.04. The molecule has 2 atom stereocenters. The van der Waals surface area contributed by atoms with Crippen LogP contribution in [0.4, 0.5) is 22.1 Å². The van der Waals surface area contributed by atoms with Crippen molar-refractivity contribution < 1.29 is 9.53 Å². The first kappa shape index (κ1) is 23.6. The van der Waals surface area contributed by atoms with E-state index in [-0.39, 0.29) is 29.2 Å². The minimum Gasteiger partial charge on any atom is -0.444 e. The van der Waals surface area contributed by atoms with Gasteiger partial charge in [0.1, 0.15) is 23.6 Å². The normalized spacial score (nSPS) is 23.3. The number of nitrogens with zero attached hydrogens (tertiary/aromatic N) is 6. The summed E-state index contributed by atoms with van der Waals surface area (Å²) in [5, 5.41) is 0. The molecule has 0 unspecified atom stereocenters. The van der Waals surface area contributed by atoms with Crippen molar-refractivity contribution in [3.8, 4) is 0 Å². The van der Waals surface area contributed by atoms with Crippen LogP contribution in [0.1, 0.15) is 59.4 Å². The fourth-order valence-corrected chi connectivity index (χ4v) is 5.65. The summed E-state index contributed by atoms with van der Waals surface area (Å²) in [7, 11) is 1.76. The molecule has 5 rings (SSSR count). The van der Waals surface area contributed by atoms with Gasteiger partial charge in [0.2, 0.25) is 0 Å². The first-order valence-corrected chi connectivity index (χ1v) is 12.5. The van der Waals surface area contributed by atoms with Gasteiger partial charge >= 0.3 is 6.09 Å². The zero-order chi connectivity index (χ0) is 25.1. The van der Waals surface area contributed by atoms with E-state index in [1.807, 2.05) is 37.9 Å². The second-order valence-electron chi connectivity index (χ2n) is 11.4. The van der Waals surface area contributed by atoms with E-state index < -0.39 is 5.60 Å². The maximum Gasteiger partial charge on any atom is 0.410 e. The molecule has 1 amide bonds. The number of aromatic nitrogens is 3. The highest BCUT2D eigenvalue weighted by atomic mass is 16.6. The average Bonchev–Trinajstić information content (AvgIpc) is 3.12. The van der Waals surface area contributed by atoms with Crippen molar-refractivity contribution in [1.29, 1.82) is 0 Å². The molecule has 0 aromatic carbocycles. The summed E-state index contributed by atoms with van der Waals surface area (Å²) in [5.41, 5.74) is 1.51. The van der Waals surface area contributed by atoms with E-state index in [0.717, 1.165) is 36.7 Å². The molecule has 2 aromatic rings. The number of carbonyl (C=O) groups excluding carboxylic acids is 1. The van der Waals surface area contributed by atoms with Crippen molar-refractivity contribution in [2.75, 3.05) is 29.4 Å². The second-order valence-corrected chi connectivity index (χ2v) is 11.4. The van der Waals surface area contributed by atoms with E-state index in [4.69, 9.17) is 14.7 Å². The Morgan fingerprint density at radius 1 is 1.11 bits per heavy atom. The highest BCUT2D eigenvalue weighted by Crippen LogP contribution is 2.56. The molecule has 1 saturated heterocycles. The van der Waals surface area contributed by atoms with Crippen LogP contribution in [-0.2, 0) is 17.2 Å². The Morgan fingerprint density at radius 2 is 1.83 bits per heavy atom. The predicted molar refractivity (Wildman–Crippen MR) is 135 cm³/mol. The van der Waals surface area contributed by atoms with Gasteiger partial charge in [-0.15, -0.1) is 0 Å². The van der Waals surface area contributed by atoms with E-state index in [9.17, 15) is 9.59 Å². The van der Waals surface area contributed by atoms with Gasteiger partial charge in [-0.3, -0.25) is 4.79 Å². The number of fused-ring (bicyclic) bond motifs is 2. The molecule has 1 saturated carbocycles. The van der Waals surface area contributed by atoms with Gasteiger partial charge in [0, 0.05) is 67.7 Å². The van der Waals surface area contributed by atoms with Crippen LogP contribution >= 0.6 is 0 Å². The predicted octanol–water partition coefficient (Wildman–Crippen LogP) is 3.58. The Balaban J connectivity index is 1.49. The lowest BCUT2D eigenvalue weighted by atomic mass is 9.66. The van der Waals surface area contributed by atoms with Crippen molar-refractivity contribution >= 4 is 23.4 Å². The van der Waals surface area contributed by atoms with Gasteiger partial charge in [-0.05, 0) is 53.5 Å². The van der Waals surface area contributed by atoms with Gasteiger partial charge < -0.3 is 24.0 Å². The molecule has 3 aliphatic rings. The van der Waals surface area contributed by atoms with Crippen molar-refractivity contribution in [2.24, 2.45) is 7.05 Å². The van der Waals surface area contributed by atoms with Gasteiger partial charge in [0.05, 0.1) is 0 Å². The number of hydrogen-bond acceptors (Lipinski definition) is 7. The molecule has 1 spiro atoms. The Labute approximate surface area is 206 Å². The average molecular weight is 481 g/mol. The van der Waals surface area contributed by atoms with Crippen LogP contribution in [0.15, 0.2) is 29.5 Å². The zero-order valence-electron chi connectivity index (χ0n) is 21.6. The summed E-state index contributed by atoms with van der Waals surface area (Å²) in [6.07, 6.45) is 6.53. The SMILES string of the molecule is C[C@@H]1CN(c2ncnc3c2C2(CCC2)CN3c2ccn(C)c(=O)c2)[C@@H](C)CN1C(=O)OC(C)(C)C. The van der Waals surface area contributed by atoms with Crippen LogP contribution in [-0.4, -0.2) is 62.8 Å². The minimum atomic E-state index is -0.525. The van der Waals surface area contributed by atoms with Crippen LogP contribution in [0.3, 0.4) is 0 Å². The van der Waals surface area contributed by atoms with Gasteiger partial charge in [0.15, 0.2) is 0 Å². The van der Waals surface area contributed by atoms with E-state index >= 15 is 0 Å². The summed E-state index contributed by atoms with van der Waals surface area (Å²) in [6.45, 7) is 11.9. The van der Waals surface area contributed by atoms with Crippen LogP contribution in [0.2, 0.25) is 0 Å². The van der Waals surface area contributed by atoms with Crippen molar-refractivity contribution in [2.45, 2.75) is 77.0 Å². The molecule has 9 nitrogen and oxygen atoms in total. The maximum absolute atomic E-state index is 12.8. The third-order valence-electron chi connectivity index (χ3n) is 7.65. The van der Waals surface area contributed by atoms with Gasteiger partial charge in [0.25, 0.3) is 5.56 Å². The molecular weight excluding hydrogens is 444 g/mol. The van der Waals surface area contributed by atoms with Crippen LogP contribution in [0.5, 0.6) is 0 Å². The first-order chi connectivity index (χ1) is 16.5. The molecule has 1 aliphatic carbocycles. The fourth-order valence-electron chi connectivity index (χ4n) is 5.65. The molecule has 0 N–H and O–H groups in total. The van der Waals surface area contributed by atoms with Gasteiger partial charge in [-0.2, -0.15) is 0 Å². The van der Waals surface area contributed by atoms with Gasteiger partial charge in [-0.1, -0.05) is 6.42 Å². The molecule has 2 aromatic heterocycles. The quantitative estimate of drug-likeness (QED) is 0.650. The summed E-state index contributed by atoms with van der Waals surface area (Å²) < 4.78 is 7.24. The molecule has 35 heavy (non-hydrogen) atoms. The molecule has 0 bridgehead atoms. The summed E-state index contributed by atoms with van der Waals surface area (Å²) in [6, 6.07) is 3.73. The Hall–Kier alpha value is -3.10. The number of ether oxygens (including phenoxy) is 1. The molecule has 4 heterocycles. The molecule has 9 heteroatoms. The maximum atomic E-state index is 12.8. The van der Waals surface area contributed by atoms with Crippen LogP contribution < -0.4 is 15.4 Å². The van der Waals surface area contributed by atoms with E-state index in [2.05, 4.69) is 23.6 Å². The van der Waals surface area contributed by atoms with Gasteiger partial charge in [-0.25, -0.2) is 14.8 Å². The largest absolute Gasteiger partial charge is 0.444 e. The number of rotatable bonds is 2. The Bertz CT molecular complexity index is 1200. The molecule has 2 aliphatic heterocycles. The molecule has 188 valence electrons. The standard InChI is InChI=1S/C26H36N6O3/c1-17-14-31(24(34)35-25(3,4)5)18(2)13-30(17)22-21-23(28-16-27-22)32(15-26(21)9-7-10-26)19-8-11-29(6)20(33)12-19/h8,11-12,16-18H,7,9-10,13-15H2,1-6H3/t17-,18+/m0/s1. The molecule has 2 fully saturated rings.